The maximum atomic E-state index is 12.5. The molecule has 0 fully saturated rings. The van der Waals surface area contributed by atoms with Gasteiger partial charge < -0.3 is 5.11 Å². The number of hydrogen-bond acceptors (Lipinski definition) is 3. The minimum atomic E-state index is -3.40. The summed E-state index contributed by atoms with van der Waals surface area (Å²) in [5.74, 6) is -0.741. The van der Waals surface area contributed by atoms with Gasteiger partial charge in [-0.25, -0.2) is 8.42 Å². The van der Waals surface area contributed by atoms with Gasteiger partial charge in [0.15, 0.2) is 0 Å². The lowest BCUT2D eigenvalue weighted by molar-refractivity contribution is -0.137. The van der Waals surface area contributed by atoms with Gasteiger partial charge in [-0.3, -0.25) is 9.52 Å². The molecule has 0 amide bonds. The van der Waals surface area contributed by atoms with Crippen molar-refractivity contribution in [3.8, 4) is 0 Å². The first-order valence-corrected chi connectivity index (χ1v) is 11.7. The highest BCUT2D eigenvalue weighted by Gasteiger charge is 2.18. The van der Waals surface area contributed by atoms with E-state index < -0.39 is 16.0 Å². The van der Waals surface area contributed by atoms with E-state index in [4.69, 9.17) is 16.7 Å². The van der Waals surface area contributed by atoms with Gasteiger partial charge in [0.05, 0.1) is 5.75 Å². The lowest BCUT2D eigenvalue weighted by Crippen LogP contribution is -2.28. The molecule has 5 nitrogen and oxygen atoms in total. The monoisotopic (exact) mass is 425 g/mol. The summed E-state index contributed by atoms with van der Waals surface area (Å²) in [5, 5.41) is 9.28. The SMILES string of the molecule is O=C(O)CCCC=CCC1=C(NS(=O)(=O)CCc2ccc(Cl)cc2)CCCC1. The summed E-state index contributed by atoms with van der Waals surface area (Å²) in [7, 11) is -3.40. The Morgan fingerprint density at radius 3 is 2.57 bits per heavy atom. The van der Waals surface area contributed by atoms with Crippen molar-refractivity contribution in [1.82, 2.24) is 4.72 Å². The second kappa shape index (κ2) is 11.3. The van der Waals surface area contributed by atoms with Gasteiger partial charge in [-0.1, -0.05) is 35.9 Å². The second-order valence-electron chi connectivity index (χ2n) is 7.05. The fraction of sp³-hybridized carbons (Fsp3) is 0.476. The van der Waals surface area contributed by atoms with E-state index in [9.17, 15) is 13.2 Å². The highest BCUT2D eigenvalue weighted by atomic mass is 35.5. The number of carboxylic acid groups (broad SMARTS) is 1. The van der Waals surface area contributed by atoms with Gasteiger partial charge >= 0.3 is 5.97 Å². The van der Waals surface area contributed by atoms with Crippen molar-refractivity contribution in [2.24, 2.45) is 0 Å². The number of benzene rings is 1. The topological polar surface area (TPSA) is 83.5 Å². The van der Waals surface area contributed by atoms with Gasteiger partial charge in [-0.05, 0) is 74.6 Å². The molecule has 28 heavy (non-hydrogen) atoms. The molecule has 2 N–H and O–H groups in total. The predicted octanol–water partition coefficient (Wildman–Crippen LogP) is 4.83. The lowest BCUT2D eigenvalue weighted by Gasteiger charge is -2.21. The number of aryl methyl sites for hydroxylation is 1. The Kier molecular flexibility index (Phi) is 9.06. The first kappa shape index (κ1) is 22.5. The first-order valence-electron chi connectivity index (χ1n) is 9.68. The van der Waals surface area contributed by atoms with Crippen molar-refractivity contribution >= 4 is 27.6 Å². The van der Waals surface area contributed by atoms with Crippen LogP contribution in [0.15, 0.2) is 47.7 Å². The molecule has 0 aliphatic heterocycles. The molecule has 154 valence electrons. The van der Waals surface area contributed by atoms with Crippen molar-refractivity contribution < 1.29 is 18.3 Å². The number of nitrogens with one attached hydrogen (secondary N) is 1. The molecule has 2 rings (SSSR count). The summed E-state index contributed by atoms with van der Waals surface area (Å²) in [6, 6.07) is 7.22. The molecule has 1 aliphatic carbocycles. The standard InChI is InChI=1S/C21H28ClNO4S/c22-19-13-11-17(12-14-19)15-16-28(26,27)23-20-9-6-5-8-18(20)7-3-1-2-4-10-21(24)25/h1,3,11-14,23H,2,4-10,15-16H2,(H,24,25). The number of carbonyl (C=O) groups is 1. The molecule has 1 aliphatic rings. The zero-order valence-electron chi connectivity index (χ0n) is 16.0. The average Bonchev–Trinajstić information content (AvgIpc) is 2.65. The Labute approximate surface area is 172 Å². The highest BCUT2D eigenvalue weighted by molar-refractivity contribution is 7.89. The van der Waals surface area contributed by atoms with Gasteiger partial charge in [0.25, 0.3) is 0 Å². The van der Waals surface area contributed by atoms with Crippen LogP contribution in [0.4, 0.5) is 0 Å². The molecule has 7 heteroatoms. The summed E-state index contributed by atoms with van der Waals surface area (Å²) in [4.78, 5) is 10.5. The molecule has 0 saturated heterocycles. The fourth-order valence-electron chi connectivity index (χ4n) is 3.17. The van der Waals surface area contributed by atoms with Gasteiger partial charge in [0.2, 0.25) is 10.0 Å². The molecule has 0 unspecified atom stereocenters. The van der Waals surface area contributed by atoms with Crippen molar-refractivity contribution in [1.29, 1.82) is 0 Å². The molecule has 0 spiro atoms. The van der Waals surface area contributed by atoms with Crippen LogP contribution in [0.5, 0.6) is 0 Å². The van der Waals surface area contributed by atoms with Crippen LogP contribution in [0, 0.1) is 0 Å². The third kappa shape index (κ3) is 8.48. The molecule has 0 radical (unpaired) electrons. The summed E-state index contributed by atoms with van der Waals surface area (Å²) in [6.45, 7) is 0. The minimum Gasteiger partial charge on any atom is -0.481 e. The van der Waals surface area contributed by atoms with Crippen LogP contribution in [-0.4, -0.2) is 25.2 Å². The number of hydrogen-bond donors (Lipinski definition) is 2. The Bertz CT molecular complexity index is 813. The normalized spacial score (nSPS) is 15.2. The van der Waals surface area contributed by atoms with Crippen molar-refractivity contribution in [2.75, 3.05) is 5.75 Å². The molecular formula is C21H28ClNO4S. The molecule has 1 aromatic carbocycles. The van der Waals surface area contributed by atoms with Gasteiger partial charge in [0, 0.05) is 17.1 Å². The number of rotatable bonds is 11. The van der Waals surface area contributed by atoms with Gasteiger partial charge in [-0.15, -0.1) is 0 Å². The average molecular weight is 426 g/mol. The third-order valence-corrected chi connectivity index (χ3v) is 6.28. The lowest BCUT2D eigenvalue weighted by atomic mass is 9.94. The molecule has 0 bridgehead atoms. The number of carboxylic acids is 1. The zero-order valence-corrected chi connectivity index (χ0v) is 17.6. The van der Waals surface area contributed by atoms with Gasteiger partial charge in [0.1, 0.15) is 0 Å². The summed E-state index contributed by atoms with van der Waals surface area (Å²) in [5.41, 5.74) is 2.91. The Hall–Kier alpha value is -1.79. The molecule has 1 aromatic rings. The van der Waals surface area contributed by atoms with Crippen molar-refractivity contribution in [3.05, 3.63) is 58.3 Å². The number of aliphatic carboxylic acids is 1. The number of halogens is 1. The van der Waals surface area contributed by atoms with Crippen LogP contribution in [0.1, 0.15) is 56.9 Å². The van der Waals surface area contributed by atoms with Crippen LogP contribution in [0.2, 0.25) is 5.02 Å². The van der Waals surface area contributed by atoms with E-state index in [1.165, 1.54) is 0 Å². The largest absolute Gasteiger partial charge is 0.481 e. The fourth-order valence-corrected chi connectivity index (χ4v) is 4.53. The summed E-state index contributed by atoms with van der Waals surface area (Å²) < 4.78 is 27.8. The van der Waals surface area contributed by atoms with Crippen molar-refractivity contribution in [3.63, 3.8) is 0 Å². The third-order valence-electron chi connectivity index (χ3n) is 4.73. The number of unbranched alkanes of at least 4 members (excludes halogenated alkanes) is 1. The van der Waals surface area contributed by atoms with Crippen LogP contribution in [-0.2, 0) is 21.2 Å². The van der Waals surface area contributed by atoms with E-state index in [-0.39, 0.29) is 12.2 Å². The van der Waals surface area contributed by atoms with Crippen LogP contribution < -0.4 is 4.72 Å². The van der Waals surface area contributed by atoms with Crippen LogP contribution >= 0.6 is 11.6 Å². The van der Waals surface area contributed by atoms with E-state index in [0.29, 0.717) is 24.3 Å². The Morgan fingerprint density at radius 1 is 1.14 bits per heavy atom. The van der Waals surface area contributed by atoms with E-state index in [0.717, 1.165) is 48.9 Å². The Morgan fingerprint density at radius 2 is 1.86 bits per heavy atom. The predicted molar refractivity (Wildman–Crippen MR) is 113 cm³/mol. The van der Waals surface area contributed by atoms with E-state index in [1.54, 1.807) is 12.1 Å². The molecule has 0 aromatic heterocycles. The smallest absolute Gasteiger partial charge is 0.303 e. The summed E-state index contributed by atoms with van der Waals surface area (Å²) in [6.07, 6.45) is 10.4. The second-order valence-corrected chi connectivity index (χ2v) is 9.33. The quantitative estimate of drug-likeness (QED) is 0.392. The number of allylic oxidation sites excluding steroid dienone is 4. The van der Waals surface area contributed by atoms with E-state index in [2.05, 4.69) is 4.72 Å². The molecule has 0 heterocycles. The zero-order chi connectivity index (χ0) is 20.4. The maximum Gasteiger partial charge on any atom is 0.303 e. The first-order chi connectivity index (χ1) is 13.4. The molecular weight excluding hydrogens is 398 g/mol. The Balaban J connectivity index is 1.90. The maximum absolute atomic E-state index is 12.5. The number of sulfonamides is 1. The van der Waals surface area contributed by atoms with Crippen LogP contribution in [0.3, 0.4) is 0 Å². The van der Waals surface area contributed by atoms with E-state index >= 15 is 0 Å². The van der Waals surface area contributed by atoms with Gasteiger partial charge in [-0.2, -0.15) is 0 Å². The van der Waals surface area contributed by atoms with Crippen LogP contribution in [0.25, 0.3) is 0 Å². The van der Waals surface area contributed by atoms with E-state index in [1.807, 2.05) is 24.3 Å². The highest BCUT2D eigenvalue weighted by Crippen LogP contribution is 2.26. The molecule has 0 saturated carbocycles. The minimum absolute atomic E-state index is 0.0381. The summed E-state index contributed by atoms with van der Waals surface area (Å²) >= 11 is 5.86. The van der Waals surface area contributed by atoms with Crippen molar-refractivity contribution in [2.45, 2.75) is 57.8 Å². The molecule has 0 atom stereocenters.